The molecule has 4 heteroatoms. The average Bonchev–Trinajstić information content (AvgIpc) is 2.82. The fraction of sp³-hybridized carbons (Fsp3) is 0.857. The highest BCUT2D eigenvalue weighted by molar-refractivity contribution is 5.20. The summed E-state index contributed by atoms with van der Waals surface area (Å²) in [5.41, 5.74) is 0.897. The zero-order valence-electron chi connectivity index (χ0n) is 10.9. The van der Waals surface area contributed by atoms with Crippen molar-refractivity contribution in [2.45, 2.75) is 44.5 Å². The minimum absolute atomic E-state index is 0.0725. The smallest absolute Gasteiger partial charge is 0.169 e. The third-order valence-corrected chi connectivity index (χ3v) is 5.16. The largest absolute Gasteiger partial charge is 0.392 e. The number of hydrogen-bond donors (Lipinski definition) is 2. The Kier molecular flexibility index (Phi) is 3.01. The van der Waals surface area contributed by atoms with E-state index in [9.17, 15) is 10.2 Å². The lowest BCUT2D eigenvalue weighted by molar-refractivity contribution is -0.214. The Morgan fingerprint density at radius 1 is 1.33 bits per heavy atom. The second-order valence-corrected chi connectivity index (χ2v) is 6.06. The van der Waals surface area contributed by atoms with Gasteiger partial charge in [0.15, 0.2) is 5.79 Å². The van der Waals surface area contributed by atoms with Gasteiger partial charge < -0.3 is 19.7 Å². The molecule has 0 aromatic carbocycles. The van der Waals surface area contributed by atoms with Gasteiger partial charge in [-0.25, -0.2) is 0 Å². The van der Waals surface area contributed by atoms with Crippen molar-refractivity contribution >= 4 is 0 Å². The maximum atomic E-state index is 10.3. The molecule has 0 aromatic rings. The molecule has 3 aliphatic rings. The number of fused-ring (bicyclic) bond motifs is 1. The summed E-state index contributed by atoms with van der Waals surface area (Å²) < 4.78 is 11.6. The van der Waals surface area contributed by atoms with E-state index in [1.165, 1.54) is 0 Å². The van der Waals surface area contributed by atoms with Crippen LogP contribution in [0.1, 0.15) is 32.6 Å². The van der Waals surface area contributed by atoms with E-state index in [1.54, 1.807) is 0 Å². The van der Waals surface area contributed by atoms with E-state index in [4.69, 9.17) is 9.47 Å². The van der Waals surface area contributed by atoms with Crippen LogP contribution in [0.25, 0.3) is 0 Å². The topological polar surface area (TPSA) is 58.9 Å². The average molecular weight is 254 g/mol. The molecule has 1 saturated carbocycles. The number of rotatable bonds is 1. The quantitative estimate of drug-likeness (QED) is 0.691. The molecular formula is C14H22O4. The molecule has 1 saturated heterocycles. The summed E-state index contributed by atoms with van der Waals surface area (Å²) in [6, 6.07) is 0. The molecule has 3 rings (SSSR count). The van der Waals surface area contributed by atoms with Crippen molar-refractivity contribution in [2.75, 3.05) is 19.8 Å². The Balaban J connectivity index is 1.90. The molecule has 2 fully saturated rings. The third-order valence-electron chi connectivity index (χ3n) is 5.16. The summed E-state index contributed by atoms with van der Waals surface area (Å²) in [5.74, 6) is -0.298. The van der Waals surface area contributed by atoms with Gasteiger partial charge in [0, 0.05) is 18.3 Å². The molecular weight excluding hydrogens is 232 g/mol. The predicted molar refractivity (Wildman–Crippen MR) is 65.9 cm³/mol. The summed E-state index contributed by atoms with van der Waals surface area (Å²) >= 11 is 0. The van der Waals surface area contributed by atoms with Gasteiger partial charge in [-0.05, 0) is 24.3 Å². The van der Waals surface area contributed by atoms with Crippen LogP contribution in [-0.4, -0.2) is 41.9 Å². The Bertz CT molecular complexity index is 359. The van der Waals surface area contributed by atoms with Gasteiger partial charge in [-0.1, -0.05) is 13.0 Å². The molecule has 2 N–H and O–H groups in total. The second kappa shape index (κ2) is 4.30. The SMILES string of the molecule is C[C@]12CCC3(C[C@@H]1C(CO)=CC[C@@H]2O)OCCO3. The van der Waals surface area contributed by atoms with E-state index in [2.05, 4.69) is 6.92 Å². The van der Waals surface area contributed by atoms with Crippen LogP contribution in [0.2, 0.25) is 0 Å². The van der Waals surface area contributed by atoms with E-state index in [0.29, 0.717) is 19.6 Å². The lowest BCUT2D eigenvalue weighted by Gasteiger charge is -2.52. The van der Waals surface area contributed by atoms with Gasteiger partial charge in [-0.2, -0.15) is 0 Å². The normalized spacial score (nSPS) is 42.7. The summed E-state index contributed by atoms with van der Waals surface area (Å²) in [7, 11) is 0. The summed E-state index contributed by atoms with van der Waals surface area (Å²) in [6.45, 7) is 3.52. The molecule has 1 spiro atoms. The molecule has 0 bridgehead atoms. The van der Waals surface area contributed by atoms with Crippen LogP contribution < -0.4 is 0 Å². The molecule has 0 aromatic heterocycles. The zero-order chi connectivity index (χ0) is 12.8. The summed E-state index contributed by atoms with van der Waals surface area (Å²) in [5, 5.41) is 19.8. The molecule has 0 unspecified atom stereocenters. The van der Waals surface area contributed by atoms with Crippen molar-refractivity contribution < 1.29 is 19.7 Å². The lowest BCUT2D eigenvalue weighted by atomic mass is 9.57. The van der Waals surface area contributed by atoms with Gasteiger partial charge in [0.25, 0.3) is 0 Å². The fourth-order valence-electron chi connectivity index (χ4n) is 3.84. The van der Waals surface area contributed by atoms with Crippen LogP contribution >= 0.6 is 0 Å². The van der Waals surface area contributed by atoms with Crippen molar-refractivity contribution in [1.29, 1.82) is 0 Å². The van der Waals surface area contributed by atoms with Crippen molar-refractivity contribution in [2.24, 2.45) is 11.3 Å². The van der Waals surface area contributed by atoms with Gasteiger partial charge in [0.1, 0.15) is 0 Å². The Morgan fingerprint density at radius 3 is 2.72 bits per heavy atom. The first kappa shape index (κ1) is 12.6. The molecule has 1 heterocycles. The highest BCUT2D eigenvalue weighted by atomic mass is 16.7. The van der Waals surface area contributed by atoms with Crippen LogP contribution in [0.15, 0.2) is 11.6 Å². The number of ether oxygens (including phenoxy) is 2. The lowest BCUT2D eigenvalue weighted by Crippen LogP contribution is -2.52. The van der Waals surface area contributed by atoms with E-state index < -0.39 is 5.79 Å². The second-order valence-electron chi connectivity index (χ2n) is 6.06. The summed E-state index contributed by atoms with van der Waals surface area (Å²) in [4.78, 5) is 0. The molecule has 0 radical (unpaired) electrons. The highest BCUT2D eigenvalue weighted by Gasteiger charge is 2.54. The van der Waals surface area contributed by atoms with Crippen molar-refractivity contribution in [1.82, 2.24) is 0 Å². The molecule has 3 atom stereocenters. The van der Waals surface area contributed by atoms with Crippen molar-refractivity contribution in [3.8, 4) is 0 Å². The van der Waals surface area contributed by atoms with Crippen LogP contribution in [0.5, 0.6) is 0 Å². The Labute approximate surface area is 108 Å². The monoisotopic (exact) mass is 254 g/mol. The number of aliphatic hydroxyl groups excluding tert-OH is 2. The van der Waals surface area contributed by atoms with Crippen LogP contribution in [0.3, 0.4) is 0 Å². The number of hydrogen-bond acceptors (Lipinski definition) is 4. The van der Waals surface area contributed by atoms with Gasteiger partial charge in [0.2, 0.25) is 0 Å². The van der Waals surface area contributed by atoms with Crippen molar-refractivity contribution in [3.63, 3.8) is 0 Å². The zero-order valence-corrected chi connectivity index (χ0v) is 10.9. The molecule has 0 amide bonds. The van der Waals surface area contributed by atoms with Gasteiger partial charge in [0.05, 0.1) is 25.9 Å². The Morgan fingerprint density at radius 2 is 2.06 bits per heavy atom. The minimum atomic E-state index is -0.463. The van der Waals surface area contributed by atoms with E-state index in [-0.39, 0.29) is 24.0 Å². The first-order valence-electron chi connectivity index (χ1n) is 6.85. The van der Waals surface area contributed by atoms with Gasteiger partial charge in [-0.3, -0.25) is 0 Å². The first-order valence-corrected chi connectivity index (χ1v) is 6.85. The van der Waals surface area contributed by atoms with Crippen LogP contribution in [0.4, 0.5) is 0 Å². The highest BCUT2D eigenvalue weighted by Crippen LogP contribution is 2.54. The predicted octanol–water partition coefficient (Wildman–Crippen LogP) is 1.22. The van der Waals surface area contributed by atoms with E-state index in [0.717, 1.165) is 24.8 Å². The van der Waals surface area contributed by atoms with Crippen molar-refractivity contribution in [3.05, 3.63) is 11.6 Å². The van der Waals surface area contributed by atoms with Crippen LogP contribution in [0, 0.1) is 11.3 Å². The van der Waals surface area contributed by atoms with Gasteiger partial charge >= 0.3 is 0 Å². The van der Waals surface area contributed by atoms with Gasteiger partial charge in [-0.15, -0.1) is 0 Å². The maximum Gasteiger partial charge on any atom is 0.169 e. The summed E-state index contributed by atoms with van der Waals surface area (Å²) in [6.07, 6.45) is 4.80. The molecule has 18 heavy (non-hydrogen) atoms. The maximum absolute atomic E-state index is 10.3. The fourth-order valence-corrected chi connectivity index (χ4v) is 3.84. The molecule has 2 aliphatic carbocycles. The first-order chi connectivity index (χ1) is 8.60. The molecule has 4 nitrogen and oxygen atoms in total. The van der Waals surface area contributed by atoms with E-state index in [1.807, 2.05) is 6.08 Å². The minimum Gasteiger partial charge on any atom is -0.392 e. The third kappa shape index (κ3) is 1.74. The molecule has 1 aliphatic heterocycles. The Hall–Kier alpha value is -0.420. The molecule has 102 valence electrons. The van der Waals surface area contributed by atoms with E-state index >= 15 is 0 Å². The van der Waals surface area contributed by atoms with Crippen LogP contribution in [-0.2, 0) is 9.47 Å². The number of aliphatic hydroxyl groups is 2. The standard InChI is InChI=1S/C14H22O4/c1-13-4-5-14(17-6-7-18-14)8-11(13)10(9-15)2-3-12(13)16/h2,11-12,15-16H,3-9H2,1H3/t11-,12+,13+/m1/s1.